The Labute approximate surface area is 237 Å². The minimum Gasteiger partial charge on any atom is -0.391 e. The number of hydrogen-bond donors (Lipinski definition) is 1. The summed E-state index contributed by atoms with van der Waals surface area (Å²) in [5, 5.41) is 14.8. The van der Waals surface area contributed by atoms with Crippen LogP contribution in [0.3, 0.4) is 0 Å². The van der Waals surface area contributed by atoms with Crippen molar-refractivity contribution in [1.82, 2.24) is 14.9 Å². The number of likely N-dealkylation sites (tertiary alicyclic amines) is 1. The fraction of sp³-hybridized carbons (Fsp3) is 0.419. The molecule has 0 aliphatic carbocycles. The second kappa shape index (κ2) is 11.2. The van der Waals surface area contributed by atoms with E-state index in [1.807, 2.05) is 6.92 Å². The number of benzene rings is 2. The number of allylic oxidation sites excluding steroid dienone is 2. The molecule has 3 aliphatic heterocycles. The number of rotatable bonds is 4. The molecule has 0 bridgehead atoms. The molecule has 0 spiro atoms. The Morgan fingerprint density at radius 3 is 2.61 bits per heavy atom. The molecular weight excluding hydrogens is 528 g/mol. The number of fused-ring (bicyclic) bond motifs is 1. The maximum absolute atomic E-state index is 15.2. The van der Waals surface area contributed by atoms with Gasteiger partial charge in [0.25, 0.3) is 5.91 Å². The third-order valence-corrected chi connectivity index (χ3v) is 8.42. The molecule has 2 aromatic carbocycles. The summed E-state index contributed by atoms with van der Waals surface area (Å²) < 4.78 is 30.2. The lowest BCUT2D eigenvalue weighted by atomic mass is 9.84. The lowest BCUT2D eigenvalue weighted by Gasteiger charge is -2.34. The van der Waals surface area contributed by atoms with Gasteiger partial charge in [-0.1, -0.05) is 18.1 Å². The highest BCUT2D eigenvalue weighted by Gasteiger charge is 2.30. The van der Waals surface area contributed by atoms with E-state index in [1.165, 1.54) is 35.5 Å². The first kappa shape index (κ1) is 27.3. The number of hydrogen-bond acceptors (Lipinski definition) is 7. The topological polar surface area (TPSA) is 91.2 Å². The molecule has 214 valence electrons. The zero-order valence-electron chi connectivity index (χ0n) is 23.2. The van der Waals surface area contributed by atoms with E-state index in [9.17, 15) is 9.90 Å². The van der Waals surface area contributed by atoms with Crippen molar-refractivity contribution >= 4 is 28.3 Å². The summed E-state index contributed by atoms with van der Waals surface area (Å²) in [5.41, 5.74) is 2.36. The summed E-state index contributed by atoms with van der Waals surface area (Å²) in [6.45, 7) is 6.09. The van der Waals surface area contributed by atoms with Gasteiger partial charge in [0.2, 0.25) is 0 Å². The number of aromatic nitrogens is 2. The third kappa shape index (κ3) is 5.40. The Balaban J connectivity index is 1.26. The van der Waals surface area contributed by atoms with E-state index in [-0.39, 0.29) is 12.1 Å². The van der Waals surface area contributed by atoms with Crippen molar-refractivity contribution in [3.05, 3.63) is 65.7 Å². The monoisotopic (exact) mass is 561 g/mol. The second-order valence-corrected chi connectivity index (χ2v) is 11.3. The SMILES string of the molecule is CC1=CCC(C)C(C2CCN(c3ncnc4c(-c5ccc(C(=O)N6CC[C@@H](O)C6)c(F)c5)cc(F)cc34)CC2)=NO1. The predicted octanol–water partition coefficient (Wildman–Crippen LogP) is 5.31. The van der Waals surface area contributed by atoms with Crippen LogP contribution in [-0.4, -0.2) is 63.9 Å². The highest BCUT2D eigenvalue weighted by molar-refractivity contribution is 6.00. The van der Waals surface area contributed by atoms with Gasteiger partial charge in [0.15, 0.2) is 0 Å². The van der Waals surface area contributed by atoms with E-state index in [4.69, 9.17) is 4.84 Å². The van der Waals surface area contributed by atoms with Gasteiger partial charge in [0.05, 0.1) is 22.9 Å². The molecule has 1 unspecified atom stereocenters. The van der Waals surface area contributed by atoms with Crippen LogP contribution in [0.15, 0.2) is 53.7 Å². The molecule has 0 radical (unpaired) electrons. The van der Waals surface area contributed by atoms with Gasteiger partial charge >= 0.3 is 0 Å². The maximum Gasteiger partial charge on any atom is 0.256 e. The molecule has 41 heavy (non-hydrogen) atoms. The summed E-state index contributed by atoms with van der Waals surface area (Å²) in [4.78, 5) is 30.9. The van der Waals surface area contributed by atoms with Crippen LogP contribution in [-0.2, 0) is 4.84 Å². The first-order chi connectivity index (χ1) is 19.8. The van der Waals surface area contributed by atoms with Crippen molar-refractivity contribution in [2.24, 2.45) is 17.0 Å². The zero-order chi connectivity index (χ0) is 28.7. The van der Waals surface area contributed by atoms with E-state index in [0.29, 0.717) is 52.6 Å². The first-order valence-corrected chi connectivity index (χ1v) is 14.2. The number of β-amino-alcohol motifs (C(OH)–C–C–N with tert-alkyl or cyclic N) is 1. The number of halogens is 2. The normalized spacial score (nSPS) is 21.9. The lowest BCUT2D eigenvalue weighted by molar-refractivity contribution is 0.0760. The van der Waals surface area contributed by atoms with Crippen LogP contribution >= 0.6 is 0 Å². The van der Waals surface area contributed by atoms with Crippen molar-refractivity contribution < 1.29 is 23.5 Å². The van der Waals surface area contributed by atoms with Crippen molar-refractivity contribution in [1.29, 1.82) is 0 Å². The van der Waals surface area contributed by atoms with Crippen LogP contribution in [0.5, 0.6) is 0 Å². The number of piperidine rings is 1. The van der Waals surface area contributed by atoms with Gasteiger partial charge in [-0.25, -0.2) is 18.7 Å². The van der Waals surface area contributed by atoms with Crippen LogP contribution in [0.1, 0.15) is 49.9 Å². The van der Waals surface area contributed by atoms with E-state index in [1.54, 1.807) is 6.07 Å². The fourth-order valence-corrected chi connectivity index (χ4v) is 6.12. The molecule has 3 aliphatic rings. The number of anilines is 1. The van der Waals surface area contributed by atoms with Crippen LogP contribution in [0.4, 0.5) is 14.6 Å². The predicted molar refractivity (Wildman–Crippen MR) is 152 cm³/mol. The zero-order valence-corrected chi connectivity index (χ0v) is 23.2. The van der Waals surface area contributed by atoms with E-state index < -0.39 is 23.6 Å². The number of amides is 1. The third-order valence-electron chi connectivity index (χ3n) is 8.42. The van der Waals surface area contributed by atoms with Gasteiger partial charge in [-0.05, 0) is 68.5 Å². The average Bonchev–Trinajstić information content (AvgIpc) is 3.34. The molecule has 1 N–H and O–H groups in total. The molecule has 1 aromatic heterocycles. The van der Waals surface area contributed by atoms with Crippen molar-refractivity contribution in [2.75, 3.05) is 31.1 Å². The van der Waals surface area contributed by atoms with Gasteiger partial charge in [-0.3, -0.25) is 4.79 Å². The first-order valence-electron chi connectivity index (χ1n) is 14.2. The smallest absolute Gasteiger partial charge is 0.256 e. The van der Waals surface area contributed by atoms with Crippen molar-refractivity contribution in [2.45, 2.75) is 45.6 Å². The number of carbonyl (C=O) groups is 1. The average molecular weight is 562 g/mol. The molecule has 10 heteroatoms. The Bertz CT molecular complexity index is 1550. The summed E-state index contributed by atoms with van der Waals surface area (Å²) in [6, 6.07) is 7.03. The Morgan fingerprint density at radius 2 is 1.88 bits per heavy atom. The largest absolute Gasteiger partial charge is 0.391 e. The van der Waals surface area contributed by atoms with Crippen LogP contribution < -0.4 is 4.90 Å². The van der Waals surface area contributed by atoms with Gasteiger partial charge in [-0.2, -0.15) is 0 Å². The molecule has 2 fully saturated rings. The minimum absolute atomic E-state index is 0.0781. The van der Waals surface area contributed by atoms with Crippen LogP contribution in [0.2, 0.25) is 0 Å². The molecule has 8 nitrogen and oxygen atoms in total. The van der Waals surface area contributed by atoms with Gasteiger partial charge in [0, 0.05) is 49.0 Å². The summed E-state index contributed by atoms with van der Waals surface area (Å²) in [6.07, 6.45) is 6.05. The lowest BCUT2D eigenvalue weighted by Crippen LogP contribution is -2.38. The Hall–Kier alpha value is -3.92. The molecule has 4 heterocycles. The molecule has 2 saturated heterocycles. The standard InChI is InChI=1S/C31H33F2N5O3/c1-18-3-4-19(2)41-36-28(18)20-7-10-37(11-8-20)30-26-15-22(32)14-25(29(26)34-17-35-30)21-5-6-24(27(33)13-21)31(40)38-12-9-23(39)16-38/h4-6,13-15,17-18,20,23,39H,3,7-12,16H2,1-2H3/t18?,23-/m1/s1. The number of nitrogens with zero attached hydrogens (tertiary/aromatic N) is 5. The molecule has 6 rings (SSSR count). The summed E-state index contributed by atoms with van der Waals surface area (Å²) in [5.74, 6) is 0.420. The number of aliphatic hydroxyl groups excluding tert-OH is 1. The Kier molecular flexibility index (Phi) is 7.42. The molecular formula is C31H33F2N5O3. The summed E-state index contributed by atoms with van der Waals surface area (Å²) >= 11 is 0. The summed E-state index contributed by atoms with van der Waals surface area (Å²) in [7, 11) is 0. The van der Waals surface area contributed by atoms with Gasteiger partial charge < -0.3 is 19.7 Å². The fourth-order valence-electron chi connectivity index (χ4n) is 6.12. The number of carbonyl (C=O) groups excluding carboxylic acids is 1. The molecule has 3 aromatic rings. The molecule has 0 saturated carbocycles. The Morgan fingerprint density at radius 1 is 1.07 bits per heavy atom. The molecule has 2 atom stereocenters. The number of aliphatic hydroxyl groups is 1. The quantitative estimate of drug-likeness (QED) is 0.464. The highest BCUT2D eigenvalue weighted by Crippen LogP contribution is 2.36. The van der Waals surface area contributed by atoms with Crippen molar-refractivity contribution in [3.8, 4) is 11.1 Å². The molecule has 1 amide bonds. The van der Waals surface area contributed by atoms with E-state index in [2.05, 4.69) is 33.0 Å². The van der Waals surface area contributed by atoms with Crippen LogP contribution in [0.25, 0.3) is 22.0 Å². The van der Waals surface area contributed by atoms with Gasteiger partial charge in [-0.15, -0.1) is 0 Å². The highest BCUT2D eigenvalue weighted by atomic mass is 19.1. The minimum atomic E-state index is -0.701. The van der Waals surface area contributed by atoms with E-state index >= 15 is 8.78 Å². The second-order valence-electron chi connectivity index (χ2n) is 11.3. The van der Waals surface area contributed by atoms with Gasteiger partial charge in [0.1, 0.15) is 29.5 Å². The maximum atomic E-state index is 15.2. The van der Waals surface area contributed by atoms with Crippen molar-refractivity contribution in [3.63, 3.8) is 0 Å². The van der Waals surface area contributed by atoms with Crippen LogP contribution in [0, 0.1) is 23.5 Å². The number of oxime groups is 1. The van der Waals surface area contributed by atoms with E-state index in [0.717, 1.165) is 43.8 Å².